The van der Waals surface area contributed by atoms with Crippen molar-refractivity contribution in [1.82, 2.24) is 0 Å². The van der Waals surface area contributed by atoms with Gasteiger partial charge in [-0.2, -0.15) is 0 Å². The first-order valence-electron chi connectivity index (χ1n) is 3.07. The first-order valence-corrected chi connectivity index (χ1v) is 4.49. The van der Waals surface area contributed by atoms with Crippen molar-refractivity contribution in [2.45, 2.75) is 37.1 Å². The molecule has 8 heavy (non-hydrogen) atoms. The van der Waals surface area contributed by atoms with Crippen LogP contribution in [-0.4, -0.2) is 20.7 Å². The predicted molar refractivity (Wildman–Crippen MR) is 33.3 cm³/mol. The zero-order valence-corrected chi connectivity index (χ0v) is 6.32. The molecule has 2 aliphatic heterocycles. The van der Waals surface area contributed by atoms with Crippen molar-refractivity contribution in [1.29, 1.82) is 0 Å². The van der Waals surface area contributed by atoms with E-state index < -0.39 is 0 Å². The molecule has 0 N–H and O–H groups in total. The van der Waals surface area contributed by atoms with Crippen molar-refractivity contribution in [3.8, 4) is 0 Å². The maximum absolute atomic E-state index is 5.53. The topological polar surface area (TPSA) is 12.5 Å². The maximum atomic E-state index is 5.53. The van der Waals surface area contributed by atoms with E-state index in [4.69, 9.17) is 4.74 Å². The monoisotopic (exact) mass is 126 g/mol. The molecule has 2 heteroatoms. The fraction of sp³-hybridized carbons (Fsp3) is 1.00. The van der Waals surface area contributed by atoms with Crippen LogP contribution < -0.4 is 0 Å². The molecular formula is C6H10OSi. The van der Waals surface area contributed by atoms with E-state index in [1.807, 2.05) is 0 Å². The van der Waals surface area contributed by atoms with E-state index in [1.54, 1.807) is 0 Å². The predicted octanol–water partition coefficient (Wildman–Crippen LogP) is 1.09. The Bertz CT molecular complexity index is 114. The number of hydrogen-bond acceptors (Lipinski definition) is 1. The summed E-state index contributed by atoms with van der Waals surface area (Å²) >= 11 is 0. The summed E-state index contributed by atoms with van der Waals surface area (Å²) in [6.07, 6.45) is 0. The Morgan fingerprint density at radius 2 is 1.75 bits per heavy atom. The van der Waals surface area contributed by atoms with E-state index in [2.05, 4.69) is 13.8 Å². The van der Waals surface area contributed by atoms with Crippen LogP contribution >= 0.6 is 0 Å². The molecule has 0 aliphatic carbocycles. The Morgan fingerprint density at radius 1 is 1.25 bits per heavy atom. The Labute approximate surface area is 52.2 Å². The van der Waals surface area contributed by atoms with Gasteiger partial charge in [0, 0.05) is 9.52 Å². The quantitative estimate of drug-likeness (QED) is 0.349. The van der Waals surface area contributed by atoms with Crippen LogP contribution in [-0.2, 0) is 4.74 Å². The summed E-state index contributed by atoms with van der Waals surface area (Å²) in [6, 6.07) is 2.62. The minimum Gasteiger partial charge on any atom is -0.364 e. The van der Waals surface area contributed by atoms with Crippen LogP contribution in [0.4, 0.5) is 0 Å². The van der Waals surface area contributed by atoms with Crippen LogP contribution in [0.3, 0.4) is 0 Å². The average molecular weight is 126 g/mol. The van der Waals surface area contributed by atoms with Crippen LogP contribution in [0.1, 0.15) is 13.8 Å². The lowest BCUT2D eigenvalue weighted by Gasteiger charge is -1.95. The standard InChI is InChI=1S/C6H10OSi/c1-5-3-8-4-6(5,2)7-5/h3-4H2,1-2H3. The second-order valence-electron chi connectivity index (χ2n) is 3.17. The number of epoxide rings is 1. The zero-order chi connectivity index (χ0) is 5.83. The molecule has 2 unspecified atom stereocenters. The van der Waals surface area contributed by atoms with Gasteiger partial charge in [0.05, 0.1) is 11.2 Å². The molecule has 2 saturated heterocycles. The number of hydrogen-bond donors (Lipinski definition) is 0. The van der Waals surface area contributed by atoms with E-state index in [1.165, 1.54) is 12.1 Å². The van der Waals surface area contributed by atoms with E-state index in [9.17, 15) is 0 Å². The van der Waals surface area contributed by atoms with Crippen LogP contribution in [0.25, 0.3) is 0 Å². The number of rotatable bonds is 0. The minimum absolute atomic E-state index is 0.311. The van der Waals surface area contributed by atoms with Gasteiger partial charge in [-0.25, -0.2) is 0 Å². The van der Waals surface area contributed by atoms with Gasteiger partial charge < -0.3 is 4.74 Å². The Hall–Kier alpha value is 0.177. The molecule has 0 aromatic rings. The molecule has 0 amide bonds. The maximum Gasteiger partial charge on any atom is 0.0918 e. The van der Waals surface area contributed by atoms with Gasteiger partial charge >= 0.3 is 0 Å². The first kappa shape index (κ1) is 5.00. The van der Waals surface area contributed by atoms with Crippen molar-refractivity contribution in [3.05, 3.63) is 0 Å². The van der Waals surface area contributed by atoms with Gasteiger partial charge in [-0.1, -0.05) is 0 Å². The third-order valence-electron chi connectivity index (χ3n) is 2.45. The summed E-state index contributed by atoms with van der Waals surface area (Å²) in [5.74, 6) is 0. The Kier molecular flexibility index (Phi) is 0.654. The molecule has 2 radical (unpaired) electrons. The highest BCUT2D eigenvalue weighted by molar-refractivity contribution is 6.38. The lowest BCUT2D eigenvalue weighted by molar-refractivity contribution is 0.287. The van der Waals surface area contributed by atoms with Gasteiger partial charge in [0.25, 0.3) is 0 Å². The third kappa shape index (κ3) is 0.369. The van der Waals surface area contributed by atoms with Gasteiger partial charge in [-0.05, 0) is 25.9 Å². The molecule has 2 aliphatic rings. The summed E-state index contributed by atoms with van der Waals surface area (Å²) < 4.78 is 5.53. The van der Waals surface area contributed by atoms with Gasteiger partial charge in [-0.15, -0.1) is 0 Å². The summed E-state index contributed by atoms with van der Waals surface area (Å²) in [5, 5.41) is 0. The lowest BCUT2D eigenvalue weighted by Crippen LogP contribution is -2.09. The molecule has 0 aromatic carbocycles. The van der Waals surface area contributed by atoms with Crippen LogP contribution in [0.5, 0.6) is 0 Å². The van der Waals surface area contributed by atoms with Crippen molar-refractivity contribution < 1.29 is 4.74 Å². The van der Waals surface area contributed by atoms with Crippen LogP contribution in [0, 0.1) is 0 Å². The van der Waals surface area contributed by atoms with Gasteiger partial charge in [0.15, 0.2) is 0 Å². The Morgan fingerprint density at radius 3 is 1.88 bits per heavy atom. The lowest BCUT2D eigenvalue weighted by atomic mass is 10.0. The molecule has 2 fully saturated rings. The van der Waals surface area contributed by atoms with Crippen molar-refractivity contribution >= 4 is 9.52 Å². The molecular weight excluding hydrogens is 116 g/mol. The number of fused-ring (bicyclic) bond motifs is 1. The zero-order valence-electron chi connectivity index (χ0n) is 5.32. The van der Waals surface area contributed by atoms with Crippen molar-refractivity contribution in [2.75, 3.05) is 0 Å². The second kappa shape index (κ2) is 1.05. The largest absolute Gasteiger partial charge is 0.364 e. The molecule has 2 heterocycles. The molecule has 0 bridgehead atoms. The number of ether oxygens (including phenoxy) is 1. The Balaban J connectivity index is 2.26. The van der Waals surface area contributed by atoms with Crippen molar-refractivity contribution in [3.63, 3.8) is 0 Å². The smallest absolute Gasteiger partial charge is 0.0918 e. The molecule has 2 rings (SSSR count). The highest BCUT2D eigenvalue weighted by Gasteiger charge is 2.65. The van der Waals surface area contributed by atoms with Crippen LogP contribution in [0.2, 0.25) is 12.1 Å². The van der Waals surface area contributed by atoms with Crippen LogP contribution in [0.15, 0.2) is 0 Å². The molecule has 0 saturated carbocycles. The van der Waals surface area contributed by atoms with E-state index >= 15 is 0 Å². The third-order valence-corrected chi connectivity index (χ3v) is 4.30. The summed E-state index contributed by atoms with van der Waals surface area (Å²) in [4.78, 5) is 0. The molecule has 0 spiro atoms. The van der Waals surface area contributed by atoms with Gasteiger partial charge in [0.2, 0.25) is 0 Å². The highest BCUT2D eigenvalue weighted by atomic mass is 28.2. The van der Waals surface area contributed by atoms with Gasteiger partial charge in [-0.3, -0.25) is 0 Å². The second-order valence-corrected chi connectivity index (χ2v) is 4.37. The fourth-order valence-electron chi connectivity index (χ4n) is 1.46. The molecule has 1 nitrogen and oxygen atoms in total. The molecule has 44 valence electrons. The van der Waals surface area contributed by atoms with E-state index in [-0.39, 0.29) is 0 Å². The van der Waals surface area contributed by atoms with Gasteiger partial charge in [0.1, 0.15) is 0 Å². The van der Waals surface area contributed by atoms with E-state index in [0.29, 0.717) is 11.2 Å². The first-order chi connectivity index (χ1) is 3.66. The molecule has 2 atom stereocenters. The van der Waals surface area contributed by atoms with E-state index in [0.717, 1.165) is 9.52 Å². The van der Waals surface area contributed by atoms with Crippen molar-refractivity contribution in [2.24, 2.45) is 0 Å². The summed E-state index contributed by atoms with van der Waals surface area (Å²) in [7, 11) is 1.16. The normalized spacial score (nSPS) is 60.8. The fourth-order valence-corrected chi connectivity index (χ4v) is 3.43. The average Bonchev–Trinajstić information content (AvgIpc) is 2.00. The summed E-state index contributed by atoms with van der Waals surface area (Å²) in [6.45, 7) is 4.46. The SMILES string of the molecule is CC12C[Si]CC1(C)O2. The minimum atomic E-state index is 0.311. The molecule has 0 aromatic heterocycles. The summed E-state index contributed by atoms with van der Waals surface area (Å²) in [5.41, 5.74) is 0.622. The highest BCUT2D eigenvalue weighted by Crippen LogP contribution is 2.57.